The SMILES string of the molecule is CCOCC1CCN(C(C)C(=O)N2N=C(c3ccc(Cl)cc3)CC2c2ccco2)CC1. The third kappa shape index (κ3) is 5.03. The van der Waals surface area contributed by atoms with E-state index in [0.29, 0.717) is 17.4 Å². The number of benzene rings is 1. The molecule has 0 aliphatic carbocycles. The van der Waals surface area contributed by atoms with Gasteiger partial charge in [0.1, 0.15) is 11.8 Å². The maximum atomic E-state index is 13.5. The summed E-state index contributed by atoms with van der Waals surface area (Å²) in [6, 6.07) is 10.9. The van der Waals surface area contributed by atoms with Crippen molar-refractivity contribution in [3.05, 3.63) is 59.0 Å². The van der Waals surface area contributed by atoms with Crippen LogP contribution in [0.15, 0.2) is 52.2 Å². The van der Waals surface area contributed by atoms with Crippen LogP contribution < -0.4 is 0 Å². The molecular formula is C24H30ClN3O3. The zero-order chi connectivity index (χ0) is 21.8. The van der Waals surface area contributed by atoms with E-state index in [1.165, 1.54) is 0 Å². The number of furan rings is 1. The van der Waals surface area contributed by atoms with Gasteiger partial charge in [-0.3, -0.25) is 9.69 Å². The van der Waals surface area contributed by atoms with Gasteiger partial charge in [0.2, 0.25) is 0 Å². The molecule has 31 heavy (non-hydrogen) atoms. The van der Waals surface area contributed by atoms with Crippen LogP contribution >= 0.6 is 11.6 Å². The van der Waals surface area contributed by atoms with Crippen LogP contribution in [0.2, 0.25) is 5.02 Å². The minimum absolute atomic E-state index is 0.00798. The van der Waals surface area contributed by atoms with Crippen LogP contribution in [0.3, 0.4) is 0 Å². The van der Waals surface area contributed by atoms with Crippen LogP contribution in [0.1, 0.15) is 50.5 Å². The molecule has 2 atom stereocenters. The smallest absolute Gasteiger partial charge is 0.260 e. The maximum Gasteiger partial charge on any atom is 0.260 e. The average Bonchev–Trinajstić information content (AvgIpc) is 3.47. The van der Waals surface area contributed by atoms with E-state index >= 15 is 0 Å². The Morgan fingerprint density at radius 3 is 2.65 bits per heavy atom. The molecule has 1 amide bonds. The zero-order valence-corrected chi connectivity index (χ0v) is 18.9. The molecule has 2 aliphatic rings. The highest BCUT2D eigenvalue weighted by Gasteiger charge is 2.38. The minimum atomic E-state index is -0.237. The molecule has 166 valence electrons. The molecule has 4 rings (SSSR count). The van der Waals surface area contributed by atoms with E-state index in [0.717, 1.165) is 56.2 Å². The van der Waals surface area contributed by atoms with Gasteiger partial charge in [-0.1, -0.05) is 23.7 Å². The van der Waals surface area contributed by atoms with Gasteiger partial charge in [-0.05, 0) is 75.5 Å². The maximum absolute atomic E-state index is 13.5. The van der Waals surface area contributed by atoms with Crippen LogP contribution in [0.4, 0.5) is 0 Å². The van der Waals surface area contributed by atoms with Crippen LogP contribution in [0, 0.1) is 5.92 Å². The molecule has 2 aromatic rings. The summed E-state index contributed by atoms with van der Waals surface area (Å²) in [6.45, 7) is 7.38. The topological polar surface area (TPSA) is 58.3 Å². The minimum Gasteiger partial charge on any atom is -0.467 e. The molecule has 0 spiro atoms. The molecule has 1 aromatic heterocycles. The number of ether oxygens (including phenoxy) is 1. The average molecular weight is 444 g/mol. The van der Waals surface area contributed by atoms with Gasteiger partial charge in [-0.2, -0.15) is 5.10 Å². The van der Waals surface area contributed by atoms with Crippen molar-refractivity contribution in [3.63, 3.8) is 0 Å². The summed E-state index contributed by atoms with van der Waals surface area (Å²) < 4.78 is 11.2. The first kappa shape index (κ1) is 22.1. The summed E-state index contributed by atoms with van der Waals surface area (Å²) >= 11 is 6.04. The van der Waals surface area contributed by atoms with Gasteiger partial charge in [0.15, 0.2) is 0 Å². The second-order valence-electron chi connectivity index (χ2n) is 8.29. The van der Waals surface area contributed by atoms with Gasteiger partial charge in [0.05, 0.1) is 18.0 Å². The fourth-order valence-corrected chi connectivity index (χ4v) is 4.50. The first-order valence-electron chi connectivity index (χ1n) is 11.1. The Morgan fingerprint density at radius 1 is 1.26 bits per heavy atom. The van der Waals surface area contributed by atoms with E-state index in [9.17, 15) is 4.79 Å². The van der Waals surface area contributed by atoms with E-state index in [2.05, 4.69) is 4.90 Å². The summed E-state index contributed by atoms with van der Waals surface area (Å²) in [5.41, 5.74) is 1.84. The summed E-state index contributed by atoms with van der Waals surface area (Å²) in [4.78, 5) is 15.8. The number of carbonyl (C=O) groups is 1. The molecule has 1 aromatic carbocycles. The Kier molecular flexibility index (Phi) is 7.10. The number of hydrazone groups is 1. The van der Waals surface area contributed by atoms with Gasteiger partial charge in [0, 0.05) is 24.7 Å². The number of halogens is 1. The van der Waals surface area contributed by atoms with Crippen molar-refractivity contribution in [2.75, 3.05) is 26.3 Å². The van der Waals surface area contributed by atoms with Crippen LogP contribution in [0.25, 0.3) is 0 Å². The highest BCUT2D eigenvalue weighted by Crippen LogP contribution is 2.34. The lowest BCUT2D eigenvalue weighted by Gasteiger charge is -2.36. The number of nitrogens with zero attached hydrogens (tertiary/aromatic N) is 3. The number of likely N-dealkylation sites (tertiary alicyclic amines) is 1. The molecular weight excluding hydrogens is 414 g/mol. The van der Waals surface area contributed by atoms with Crippen LogP contribution in [0.5, 0.6) is 0 Å². The van der Waals surface area contributed by atoms with Crippen molar-refractivity contribution < 1.29 is 13.9 Å². The van der Waals surface area contributed by atoms with Crippen molar-refractivity contribution in [1.82, 2.24) is 9.91 Å². The van der Waals surface area contributed by atoms with Crippen molar-refractivity contribution in [2.45, 2.75) is 45.2 Å². The lowest BCUT2D eigenvalue weighted by Crippen LogP contribution is -2.48. The zero-order valence-electron chi connectivity index (χ0n) is 18.2. The summed E-state index contributed by atoms with van der Waals surface area (Å²) in [6.07, 6.45) is 4.37. The van der Waals surface area contributed by atoms with Crippen LogP contribution in [-0.2, 0) is 9.53 Å². The monoisotopic (exact) mass is 443 g/mol. The Morgan fingerprint density at radius 2 is 2.00 bits per heavy atom. The fourth-order valence-electron chi connectivity index (χ4n) is 4.37. The highest BCUT2D eigenvalue weighted by molar-refractivity contribution is 6.30. The normalized spacial score (nSPS) is 21.3. The molecule has 1 fully saturated rings. The second-order valence-corrected chi connectivity index (χ2v) is 8.72. The predicted octanol–water partition coefficient (Wildman–Crippen LogP) is 4.75. The summed E-state index contributed by atoms with van der Waals surface area (Å²) in [7, 11) is 0. The molecule has 7 heteroatoms. The lowest BCUT2D eigenvalue weighted by atomic mass is 9.96. The Labute approximate surface area is 188 Å². The molecule has 6 nitrogen and oxygen atoms in total. The number of carbonyl (C=O) groups excluding carboxylic acids is 1. The molecule has 0 N–H and O–H groups in total. The van der Waals surface area contributed by atoms with E-state index in [4.69, 9.17) is 25.9 Å². The third-order valence-corrected chi connectivity index (χ3v) is 6.55. The number of piperidine rings is 1. The quantitative estimate of drug-likeness (QED) is 0.619. The Hall–Kier alpha value is -2.15. The number of rotatable bonds is 7. The van der Waals surface area contributed by atoms with Crippen molar-refractivity contribution in [2.24, 2.45) is 11.0 Å². The van der Waals surface area contributed by atoms with Gasteiger partial charge < -0.3 is 9.15 Å². The first-order valence-corrected chi connectivity index (χ1v) is 11.5. The van der Waals surface area contributed by atoms with E-state index in [-0.39, 0.29) is 18.0 Å². The second kappa shape index (κ2) is 9.98. The standard InChI is InChI=1S/C24H30ClN3O3/c1-3-30-16-18-10-12-27(13-11-18)17(2)24(29)28-22(23-5-4-14-31-23)15-21(26-28)19-6-8-20(25)9-7-19/h4-9,14,17-18,22H,3,10-13,15-16H2,1-2H3. The van der Waals surface area contributed by atoms with Crippen molar-refractivity contribution in [1.29, 1.82) is 0 Å². The molecule has 3 heterocycles. The van der Waals surface area contributed by atoms with Gasteiger partial charge in [-0.25, -0.2) is 5.01 Å². The highest BCUT2D eigenvalue weighted by atomic mass is 35.5. The molecule has 0 saturated carbocycles. The predicted molar refractivity (Wildman–Crippen MR) is 121 cm³/mol. The molecule has 0 bridgehead atoms. The molecule has 0 radical (unpaired) electrons. The number of hydrogen-bond acceptors (Lipinski definition) is 5. The van der Waals surface area contributed by atoms with Gasteiger partial charge in [0.25, 0.3) is 5.91 Å². The number of hydrogen-bond donors (Lipinski definition) is 0. The molecule has 1 saturated heterocycles. The Balaban J connectivity index is 1.49. The molecule has 2 unspecified atom stereocenters. The van der Waals surface area contributed by atoms with E-state index in [1.54, 1.807) is 11.3 Å². The third-order valence-electron chi connectivity index (χ3n) is 6.30. The first-order chi connectivity index (χ1) is 15.1. The van der Waals surface area contributed by atoms with Crippen LogP contribution in [-0.4, -0.2) is 53.9 Å². The van der Waals surface area contributed by atoms with Gasteiger partial charge in [-0.15, -0.1) is 0 Å². The number of amides is 1. The van der Waals surface area contributed by atoms with E-state index in [1.807, 2.05) is 50.2 Å². The summed E-state index contributed by atoms with van der Waals surface area (Å²) in [5, 5.41) is 7.05. The lowest BCUT2D eigenvalue weighted by molar-refractivity contribution is -0.139. The fraction of sp³-hybridized carbons (Fsp3) is 0.500. The molecule has 2 aliphatic heterocycles. The summed E-state index contributed by atoms with van der Waals surface area (Å²) in [5.74, 6) is 1.34. The van der Waals surface area contributed by atoms with Crippen molar-refractivity contribution >= 4 is 23.2 Å². The Bertz CT molecular complexity index is 889. The van der Waals surface area contributed by atoms with Gasteiger partial charge >= 0.3 is 0 Å². The van der Waals surface area contributed by atoms with Crippen molar-refractivity contribution in [3.8, 4) is 0 Å². The van der Waals surface area contributed by atoms with E-state index < -0.39 is 0 Å². The largest absolute Gasteiger partial charge is 0.467 e.